The van der Waals surface area contributed by atoms with Crippen molar-refractivity contribution in [3.63, 3.8) is 0 Å². The lowest BCUT2D eigenvalue weighted by molar-refractivity contribution is 0.230. The van der Waals surface area contributed by atoms with Gasteiger partial charge < -0.3 is 16.0 Å². The van der Waals surface area contributed by atoms with Gasteiger partial charge in [0.05, 0.1) is 0 Å². The fourth-order valence-corrected chi connectivity index (χ4v) is 2.12. The zero-order chi connectivity index (χ0) is 17.6. The number of amides is 2. The highest BCUT2D eigenvalue weighted by Crippen LogP contribution is 2.20. The van der Waals surface area contributed by atoms with Gasteiger partial charge in [0.1, 0.15) is 0 Å². The molecule has 0 fully saturated rings. The summed E-state index contributed by atoms with van der Waals surface area (Å²) in [5.41, 5.74) is 9.41. The first-order valence-electron chi connectivity index (χ1n) is 6.96. The van der Waals surface area contributed by atoms with E-state index in [9.17, 15) is 4.79 Å². The summed E-state index contributed by atoms with van der Waals surface area (Å²) in [7, 11) is 3.42. The Hall–Kier alpha value is -1.53. The van der Waals surface area contributed by atoms with Crippen LogP contribution in [0.15, 0.2) is 45.3 Å². The van der Waals surface area contributed by atoms with E-state index < -0.39 is 0 Å². The summed E-state index contributed by atoms with van der Waals surface area (Å²) in [5.74, 6) is 0. The average molecular weight is 443 g/mol. The molecule has 0 aliphatic heterocycles. The molecule has 0 heterocycles. The number of carbonyl (C=O) groups excluding carboxylic acids is 1. The molecule has 2 rings (SSSR count). The predicted octanol–water partition coefficient (Wildman–Crippen LogP) is 5.19. The van der Waals surface area contributed by atoms with Gasteiger partial charge in [0, 0.05) is 34.4 Å². The lowest BCUT2D eigenvalue weighted by Crippen LogP contribution is -2.27. The van der Waals surface area contributed by atoms with Crippen LogP contribution in [0.25, 0.3) is 0 Å². The quantitative estimate of drug-likeness (QED) is 0.597. The van der Waals surface area contributed by atoms with Crippen molar-refractivity contribution < 1.29 is 4.79 Å². The Morgan fingerprint density at radius 2 is 1.52 bits per heavy atom. The van der Waals surface area contributed by atoms with E-state index in [1.54, 1.807) is 14.1 Å². The van der Waals surface area contributed by atoms with E-state index in [1.165, 1.54) is 10.5 Å². The summed E-state index contributed by atoms with van der Waals surface area (Å²) in [6.45, 7) is 4.00. The number of nitrogens with zero attached hydrogens (tertiary/aromatic N) is 1. The highest BCUT2D eigenvalue weighted by Gasteiger charge is 2.04. The molecule has 0 atom stereocenters. The van der Waals surface area contributed by atoms with Crippen LogP contribution in [0.3, 0.4) is 0 Å². The molecule has 2 aromatic rings. The molecule has 0 aliphatic rings. The minimum Gasteiger partial charge on any atom is -0.399 e. The number of nitrogens with one attached hydrogen (secondary N) is 1. The van der Waals surface area contributed by atoms with Crippen molar-refractivity contribution in [2.45, 2.75) is 13.8 Å². The van der Waals surface area contributed by atoms with Crippen LogP contribution in [-0.2, 0) is 0 Å². The molecule has 0 bridgehead atoms. The van der Waals surface area contributed by atoms with Gasteiger partial charge in [-0.2, -0.15) is 0 Å². The van der Waals surface area contributed by atoms with Gasteiger partial charge in [-0.25, -0.2) is 4.79 Å². The van der Waals surface area contributed by atoms with E-state index in [-0.39, 0.29) is 6.03 Å². The first kappa shape index (κ1) is 19.5. The Bertz CT molecular complexity index is 688. The molecule has 6 heteroatoms. The summed E-state index contributed by atoms with van der Waals surface area (Å²) in [5, 5.41) is 2.78. The van der Waals surface area contributed by atoms with Crippen LogP contribution in [0.1, 0.15) is 11.1 Å². The lowest BCUT2D eigenvalue weighted by Gasteiger charge is -2.12. The monoisotopic (exact) mass is 441 g/mol. The summed E-state index contributed by atoms with van der Waals surface area (Å²) in [4.78, 5) is 12.8. The van der Waals surface area contributed by atoms with E-state index in [2.05, 4.69) is 37.2 Å². The van der Waals surface area contributed by atoms with Gasteiger partial charge in [0.15, 0.2) is 0 Å². The number of aryl methyl sites for hydroxylation is 2. The van der Waals surface area contributed by atoms with Crippen molar-refractivity contribution in [3.8, 4) is 0 Å². The van der Waals surface area contributed by atoms with Crippen LogP contribution < -0.4 is 11.1 Å². The fourth-order valence-electron chi connectivity index (χ4n) is 1.63. The molecule has 2 aromatic carbocycles. The van der Waals surface area contributed by atoms with Gasteiger partial charge in [-0.05, 0) is 61.4 Å². The molecule has 0 aliphatic carbocycles. The maximum atomic E-state index is 11.3. The molecule has 0 spiro atoms. The Balaban J connectivity index is 0.000000253. The van der Waals surface area contributed by atoms with Gasteiger partial charge in [0.25, 0.3) is 0 Å². The number of halogens is 2. The lowest BCUT2D eigenvalue weighted by atomic mass is 10.2. The number of urea groups is 1. The van der Waals surface area contributed by atoms with Crippen molar-refractivity contribution >= 4 is 49.3 Å². The topological polar surface area (TPSA) is 58.4 Å². The molecule has 124 valence electrons. The molecule has 2 amide bonds. The SMILES string of the molecule is Cc1cc(N)ccc1Br.Cc1cc(NC(=O)N(C)C)ccc1Br. The van der Waals surface area contributed by atoms with E-state index in [4.69, 9.17) is 5.73 Å². The second-order valence-electron chi connectivity index (χ2n) is 5.30. The van der Waals surface area contributed by atoms with Crippen LogP contribution >= 0.6 is 31.9 Å². The second kappa shape index (κ2) is 8.93. The molecule has 0 unspecified atom stereocenters. The third-order valence-corrected chi connectivity index (χ3v) is 4.78. The van der Waals surface area contributed by atoms with Crippen molar-refractivity contribution in [1.29, 1.82) is 0 Å². The third kappa shape index (κ3) is 6.62. The summed E-state index contributed by atoms with van der Waals surface area (Å²) < 4.78 is 2.15. The van der Waals surface area contributed by atoms with E-state index in [0.717, 1.165) is 25.9 Å². The van der Waals surface area contributed by atoms with E-state index >= 15 is 0 Å². The molecular weight excluding hydrogens is 422 g/mol. The van der Waals surface area contributed by atoms with Gasteiger partial charge in [-0.15, -0.1) is 0 Å². The molecule has 3 N–H and O–H groups in total. The number of carbonyl (C=O) groups is 1. The van der Waals surface area contributed by atoms with Gasteiger partial charge in [-0.1, -0.05) is 31.9 Å². The molecule has 0 aromatic heterocycles. The molecular formula is C17H21Br2N3O. The van der Waals surface area contributed by atoms with Crippen molar-refractivity contribution in [2.75, 3.05) is 25.1 Å². The van der Waals surface area contributed by atoms with Crippen LogP contribution in [-0.4, -0.2) is 25.0 Å². The van der Waals surface area contributed by atoms with E-state index in [1.807, 2.05) is 50.2 Å². The minimum absolute atomic E-state index is 0.119. The standard InChI is InChI=1S/C10H13BrN2O.C7H8BrN/c1-7-6-8(4-5-9(7)11)12-10(14)13(2)3;1-5-4-6(9)2-3-7(5)8/h4-6H,1-3H3,(H,12,14);2-4H,9H2,1H3. The second-order valence-corrected chi connectivity index (χ2v) is 7.01. The molecule has 0 saturated carbocycles. The molecule has 23 heavy (non-hydrogen) atoms. The first-order valence-corrected chi connectivity index (χ1v) is 8.55. The Labute approximate surface area is 154 Å². The maximum Gasteiger partial charge on any atom is 0.321 e. The molecule has 4 nitrogen and oxygen atoms in total. The zero-order valence-corrected chi connectivity index (χ0v) is 16.8. The normalized spacial score (nSPS) is 9.65. The predicted molar refractivity (Wildman–Crippen MR) is 105 cm³/mol. The number of hydrogen-bond donors (Lipinski definition) is 2. The number of anilines is 2. The van der Waals surface area contributed by atoms with Crippen LogP contribution in [0.5, 0.6) is 0 Å². The number of benzene rings is 2. The first-order chi connectivity index (χ1) is 10.7. The number of nitrogen functional groups attached to an aromatic ring is 1. The Morgan fingerprint density at radius 1 is 1.00 bits per heavy atom. The third-order valence-electron chi connectivity index (χ3n) is 3.00. The molecule has 0 radical (unpaired) electrons. The smallest absolute Gasteiger partial charge is 0.321 e. The highest BCUT2D eigenvalue weighted by molar-refractivity contribution is 9.10. The maximum absolute atomic E-state index is 11.3. The summed E-state index contributed by atoms with van der Waals surface area (Å²) >= 11 is 6.78. The van der Waals surface area contributed by atoms with Crippen LogP contribution in [0.4, 0.5) is 16.2 Å². The Morgan fingerprint density at radius 3 is 1.96 bits per heavy atom. The summed E-state index contributed by atoms with van der Waals surface area (Å²) in [6, 6.07) is 11.3. The van der Waals surface area contributed by atoms with Crippen molar-refractivity contribution in [2.24, 2.45) is 0 Å². The largest absolute Gasteiger partial charge is 0.399 e. The van der Waals surface area contributed by atoms with Gasteiger partial charge in [0.2, 0.25) is 0 Å². The fraction of sp³-hybridized carbons (Fsp3) is 0.235. The highest BCUT2D eigenvalue weighted by atomic mass is 79.9. The number of rotatable bonds is 1. The van der Waals surface area contributed by atoms with Gasteiger partial charge >= 0.3 is 6.03 Å². The van der Waals surface area contributed by atoms with E-state index in [0.29, 0.717) is 0 Å². The molecule has 0 saturated heterocycles. The number of nitrogens with two attached hydrogens (primary N) is 1. The minimum atomic E-state index is -0.119. The average Bonchev–Trinajstić information content (AvgIpc) is 2.47. The summed E-state index contributed by atoms with van der Waals surface area (Å²) in [6.07, 6.45) is 0. The zero-order valence-electron chi connectivity index (χ0n) is 13.7. The van der Waals surface area contributed by atoms with Crippen molar-refractivity contribution in [3.05, 3.63) is 56.5 Å². The Kier molecular flexibility index (Phi) is 7.58. The number of hydrogen-bond acceptors (Lipinski definition) is 2. The van der Waals surface area contributed by atoms with Crippen molar-refractivity contribution in [1.82, 2.24) is 4.90 Å². The van der Waals surface area contributed by atoms with Gasteiger partial charge in [-0.3, -0.25) is 0 Å². The van der Waals surface area contributed by atoms with Crippen LogP contribution in [0, 0.1) is 13.8 Å². The van der Waals surface area contributed by atoms with Crippen LogP contribution in [0.2, 0.25) is 0 Å².